The van der Waals surface area contributed by atoms with Crippen LogP contribution in [-0.2, 0) is 6.42 Å². The molecule has 1 N–H and O–H groups in total. The molecular formula is C19H16N2S. The number of aromatic amines is 1. The Morgan fingerprint density at radius 3 is 2.73 bits per heavy atom. The molecule has 0 unspecified atom stereocenters. The summed E-state index contributed by atoms with van der Waals surface area (Å²) in [7, 11) is 0. The number of para-hydroxylation sites is 1. The van der Waals surface area contributed by atoms with Crippen molar-refractivity contribution in [2.45, 2.75) is 13.3 Å². The Morgan fingerprint density at radius 1 is 1.05 bits per heavy atom. The Balaban J connectivity index is 1.82. The van der Waals surface area contributed by atoms with E-state index < -0.39 is 0 Å². The second-order valence-corrected chi connectivity index (χ2v) is 6.16. The molecule has 2 aromatic carbocycles. The standard InChI is InChI=1S/C19H16N2S/c1-2-13-9-6-10-15-16(11-20-18(13)15)17-12-22-19(21-17)14-7-4-3-5-8-14/h3-12,20H,2H2,1H3. The van der Waals surface area contributed by atoms with E-state index in [9.17, 15) is 0 Å². The summed E-state index contributed by atoms with van der Waals surface area (Å²) in [4.78, 5) is 8.25. The number of nitrogens with one attached hydrogen (secondary N) is 1. The summed E-state index contributed by atoms with van der Waals surface area (Å²) < 4.78 is 0. The van der Waals surface area contributed by atoms with Gasteiger partial charge in [-0.2, -0.15) is 0 Å². The number of aromatic nitrogens is 2. The minimum Gasteiger partial charge on any atom is -0.360 e. The number of benzene rings is 2. The van der Waals surface area contributed by atoms with Gasteiger partial charge in [-0.05, 0) is 12.0 Å². The van der Waals surface area contributed by atoms with E-state index in [1.54, 1.807) is 11.3 Å². The van der Waals surface area contributed by atoms with Gasteiger partial charge in [0.05, 0.1) is 5.69 Å². The first-order valence-electron chi connectivity index (χ1n) is 7.47. The van der Waals surface area contributed by atoms with E-state index in [0.29, 0.717) is 0 Å². The van der Waals surface area contributed by atoms with Crippen LogP contribution < -0.4 is 0 Å². The lowest BCUT2D eigenvalue weighted by Crippen LogP contribution is -1.82. The molecule has 0 aliphatic heterocycles. The SMILES string of the molecule is CCc1cccc2c(-c3csc(-c4ccccc4)n3)c[nH]c12. The lowest BCUT2D eigenvalue weighted by molar-refractivity contribution is 1.15. The Bertz CT molecular complexity index is 919. The maximum atomic E-state index is 4.83. The highest BCUT2D eigenvalue weighted by Crippen LogP contribution is 2.33. The summed E-state index contributed by atoms with van der Waals surface area (Å²) in [5.74, 6) is 0. The minimum absolute atomic E-state index is 1.03. The fourth-order valence-electron chi connectivity index (χ4n) is 2.83. The summed E-state index contributed by atoms with van der Waals surface area (Å²) in [5.41, 5.74) is 5.98. The molecule has 3 heteroatoms. The Morgan fingerprint density at radius 2 is 1.91 bits per heavy atom. The number of thiazole rings is 1. The maximum Gasteiger partial charge on any atom is 0.124 e. The van der Waals surface area contributed by atoms with Crippen molar-refractivity contribution in [1.29, 1.82) is 0 Å². The molecule has 2 nitrogen and oxygen atoms in total. The lowest BCUT2D eigenvalue weighted by Gasteiger charge is -1.99. The molecule has 0 bridgehead atoms. The molecule has 108 valence electrons. The topological polar surface area (TPSA) is 28.7 Å². The molecule has 2 aromatic heterocycles. The molecule has 0 saturated carbocycles. The van der Waals surface area contributed by atoms with Crippen LogP contribution in [0.3, 0.4) is 0 Å². The van der Waals surface area contributed by atoms with Crippen LogP contribution in [0.1, 0.15) is 12.5 Å². The van der Waals surface area contributed by atoms with Crippen molar-refractivity contribution >= 4 is 22.2 Å². The van der Waals surface area contributed by atoms with Crippen molar-refractivity contribution in [1.82, 2.24) is 9.97 Å². The average Bonchev–Trinajstić information content (AvgIpc) is 3.22. The van der Waals surface area contributed by atoms with E-state index in [1.807, 2.05) is 6.07 Å². The Hall–Kier alpha value is -2.39. The van der Waals surface area contributed by atoms with Gasteiger partial charge in [0, 0.05) is 33.6 Å². The molecule has 0 amide bonds. The first-order valence-corrected chi connectivity index (χ1v) is 8.35. The van der Waals surface area contributed by atoms with Gasteiger partial charge < -0.3 is 4.98 Å². The fraction of sp³-hybridized carbons (Fsp3) is 0.105. The number of aryl methyl sites for hydroxylation is 1. The van der Waals surface area contributed by atoms with Crippen molar-refractivity contribution in [2.24, 2.45) is 0 Å². The lowest BCUT2D eigenvalue weighted by atomic mass is 10.1. The average molecular weight is 304 g/mol. The van der Waals surface area contributed by atoms with Gasteiger partial charge >= 0.3 is 0 Å². The van der Waals surface area contributed by atoms with E-state index in [0.717, 1.165) is 17.1 Å². The summed E-state index contributed by atoms with van der Waals surface area (Å²) in [6, 6.07) is 16.8. The zero-order valence-electron chi connectivity index (χ0n) is 12.3. The normalized spacial score (nSPS) is 11.1. The summed E-state index contributed by atoms with van der Waals surface area (Å²) in [6.45, 7) is 2.19. The van der Waals surface area contributed by atoms with Crippen LogP contribution in [0, 0.1) is 0 Å². The smallest absolute Gasteiger partial charge is 0.124 e. The molecule has 0 spiro atoms. The molecule has 4 rings (SSSR count). The number of hydrogen-bond acceptors (Lipinski definition) is 2. The Labute approximate surface area is 133 Å². The first-order chi connectivity index (χ1) is 10.9. The van der Waals surface area contributed by atoms with Crippen LogP contribution in [0.15, 0.2) is 60.1 Å². The fourth-order valence-corrected chi connectivity index (χ4v) is 3.66. The molecule has 0 aliphatic rings. The zero-order chi connectivity index (χ0) is 14.9. The number of nitrogens with zero attached hydrogens (tertiary/aromatic N) is 1. The number of rotatable bonds is 3. The van der Waals surface area contributed by atoms with Crippen molar-refractivity contribution in [3.63, 3.8) is 0 Å². The van der Waals surface area contributed by atoms with Crippen LogP contribution in [0.4, 0.5) is 0 Å². The van der Waals surface area contributed by atoms with Gasteiger partial charge in [0.15, 0.2) is 0 Å². The third kappa shape index (κ3) is 2.14. The van der Waals surface area contributed by atoms with E-state index in [-0.39, 0.29) is 0 Å². The third-order valence-corrected chi connectivity index (χ3v) is 4.87. The van der Waals surface area contributed by atoms with Crippen molar-refractivity contribution in [3.8, 4) is 21.8 Å². The number of fused-ring (bicyclic) bond motifs is 1. The summed E-state index contributed by atoms with van der Waals surface area (Å²) in [6.07, 6.45) is 3.11. The van der Waals surface area contributed by atoms with Gasteiger partial charge in [-0.25, -0.2) is 4.98 Å². The second kappa shape index (κ2) is 5.43. The van der Waals surface area contributed by atoms with Crippen LogP contribution >= 0.6 is 11.3 Å². The molecule has 22 heavy (non-hydrogen) atoms. The van der Waals surface area contributed by atoms with Crippen LogP contribution in [-0.4, -0.2) is 9.97 Å². The summed E-state index contributed by atoms with van der Waals surface area (Å²) in [5, 5.41) is 4.46. The van der Waals surface area contributed by atoms with Gasteiger partial charge in [0.1, 0.15) is 5.01 Å². The largest absolute Gasteiger partial charge is 0.360 e. The predicted octanol–water partition coefficient (Wildman–Crippen LogP) is 5.52. The van der Waals surface area contributed by atoms with Gasteiger partial charge in [-0.15, -0.1) is 11.3 Å². The highest BCUT2D eigenvalue weighted by Gasteiger charge is 2.12. The number of H-pyrrole nitrogens is 1. The highest BCUT2D eigenvalue weighted by atomic mass is 32.1. The molecule has 0 aliphatic carbocycles. The molecule has 0 fully saturated rings. The summed E-state index contributed by atoms with van der Waals surface area (Å²) >= 11 is 1.69. The van der Waals surface area contributed by atoms with Crippen LogP contribution in [0.25, 0.3) is 32.7 Å². The molecule has 0 atom stereocenters. The highest BCUT2D eigenvalue weighted by molar-refractivity contribution is 7.13. The number of hydrogen-bond donors (Lipinski definition) is 1. The predicted molar refractivity (Wildman–Crippen MR) is 94.2 cm³/mol. The van der Waals surface area contributed by atoms with Crippen molar-refractivity contribution in [3.05, 3.63) is 65.7 Å². The quantitative estimate of drug-likeness (QED) is 0.530. The van der Waals surface area contributed by atoms with Crippen LogP contribution in [0.2, 0.25) is 0 Å². The van der Waals surface area contributed by atoms with E-state index in [4.69, 9.17) is 4.98 Å². The molecular weight excluding hydrogens is 288 g/mol. The van der Waals surface area contributed by atoms with Gasteiger partial charge in [0.2, 0.25) is 0 Å². The molecule has 0 radical (unpaired) electrons. The molecule has 0 saturated heterocycles. The maximum absolute atomic E-state index is 4.83. The van der Waals surface area contributed by atoms with E-state index in [1.165, 1.54) is 27.6 Å². The van der Waals surface area contributed by atoms with Gasteiger partial charge in [-0.3, -0.25) is 0 Å². The first kappa shape index (κ1) is 13.3. The molecule has 2 heterocycles. The van der Waals surface area contributed by atoms with Gasteiger partial charge in [-0.1, -0.05) is 55.5 Å². The van der Waals surface area contributed by atoms with Crippen molar-refractivity contribution < 1.29 is 0 Å². The van der Waals surface area contributed by atoms with E-state index >= 15 is 0 Å². The molecule has 4 aromatic rings. The third-order valence-electron chi connectivity index (χ3n) is 3.98. The monoisotopic (exact) mass is 304 g/mol. The minimum atomic E-state index is 1.03. The van der Waals surface area contributed by atoms with E-state index in [2.05, 4.69) is 65.9 Å². The second-order valence-electron chi connectivity index (χ2n) is 5.30. The van der Waals surface area contributed by atoms with Crippen molar-refractivity contribution in [2.75, 3.05) is 0 Å². The Kier molecular flexibility index (Phi) is 3.28. The van der Waals surface area contributed by atoms with Gasteiger partial charge in [0.25, 0.3) is 0 Å². The zero-order valence-corrected chi connectivity index (χ0v) is 13.2. The van der Waals surface area contributed by atoms with Crippen LogP contribution in [0.5, 0.6) is 0 Å².